The summed E-state index contributed by atoms with van der Waals surface area (Å²) >= 11 is 6.14. The summed E-state index contributed by atoms with van der Waals surface area (Å²) in [6.45, 7) is 11.6. The molecule has 2 atom stereocenters. The molecule has 7 rings (SSSR count). The lowest BCUT2D eigenvalue weighted by Crippen LogP contribution is -2.54. The molecular formula is C49H58ClN9O9. The largest absolute Gasteiger partial charge is 0.495 e. The zero-order valence-electron chi connectivity index (χ0n) is 39.4. The zero-order valence-corrected chi connectivity index (χ0v) is 40.1. The molecule has 4 N–H and O–H groups in total. The molecule has 0 aliphatic carbocycles. The summed E-state index contributed by atoms with van der Waals surface area (Å²) in [5, 5.41) is 12.3. The molecule has 1 aromatic heterocycles. The highest BCUT2D eigenvalue weighted by atomic mass is 35.5. The minimum atomic E-state index is -1.04. The summed E-state index contributed by atoms with van der Waals surface area (Å²) in [6.07, 6.45) is 3.44. The molecule has 18 nitrogen and oxygen atoms in total. The van der Waals surface area contributed by atoms with Gasteiger partial charge in [0, 0.05) is 49.4 Å². The SMILES string of the molecule is CC[C@@H]1C(=O)N(C)c2cnc(Nc3ccc(C(=O)NCCC(C)(C)OCCC(C)(C)OCCNc4cccc5c4C(=O)N(C4CCC(=O)NC4=O)C5=O)cc3OC)nc2N1Cc1ccc(Cl)cc1. The minimum absolute atomic E-state index is 0.0432. The van der Waals surface area contributed by atoms with Crippen LogP contribution in [0.5, 0.6) is 5.75 Å². The fourth-order valence-electron chi connectivity index (χ4n) is 8.39. The van der Waals surface area contributed by atoms with E-state index in [2.05, 4.69) is 26.3 Å². The number of carbonyl (C=O) groups excluding carboxylic acids is 6. The van der Waals surface area contributed by atoms with Crippen LogP contribution in [0.2, 0.25) is 5.02 Å². The van der Waals surface area contributed by atoms with Crippen LogP contribution in [-0.4, -0.2) is 114 Å². The molecular weight excluding hydrogens is 894 g/mol. The highest BCUT2D eigenvalue weighted by molar-refractivity contribution is 6.30. The fraction of sp³-hybridized carbons (Fsp3) is 0.429. The number of likely N-dealkylation sites (N-methyl/N-ethyl adjacent to an activating group) is 1. The van der Waals surface area contributed by atoms with Gasteiger partial charge in [0.05, 0.1) is 54.5 Å². The average molecular weight is 953 g/mol. The van der Waals surface area contributed by atoms with Gasteiger partial charge in [-0.3, -0.25) is 39.0 Å². The molecule has 0 radical (unpaired) electrons. The Hall–Kier alpha value is -6.63. The molecule has 0 spiro atoms. The standard InChI is InChI=1S/C49H58ClN9O9/c1-8-35-45(64)57(6)37-27-53-47(56-41(37)58(35)28-29-12-15-31(50)16-13-29)54-33-17-14-30(26-38(33)66-7)42(61)52-22-20-48(2,3)67-24-21-49(4,5)68-25-23-51-34-11-9-10-32-40(34)46(65)59(44(32)63)36-18-19-39(60)55-43(36)62/h9-17,26-27,35-36,51H,8,18-25,28H2,1-7H3,(H,52,61)(H,53,54,56)(H,55,60,62)/t35-,36?/m1/s1. The first kappa shape index (κ1) is 49.3. The molecule has 360 valence electrons. The Morgan fingerprint density at radius 1 is 0.912 bits per heavy atom. The number of nitrogens with zero attached hydrogens (tertiary/aromatic N) is 5. The molecule has 0 bridgehead atoms. The van der Waals surface area contributed by atoms with Crippen molar-refractivity contribution in [3.05, 3.63) is 94.1 Å². The van der Waals surface area contributed by atoms with E-state index in [1.807, 2.05) is 63.8 Å². The van der Waals surface area contributed by atoms with Gasteiger partial charge < -0.3 is 40.0 Å². The zero-order chi connectivity index (χ0) is 48.9. The Labute approximate surface area is 400 Å². The Bertz CT molecular complexity index is 2590. The summed E-state index contributed by atoms with van der Waals surface area (Å²) in [6, 6.07) is 16.0. The number of rotatable bonds is 20. The number of nitrogens with one attached hydrogen (secondary N) is 4. The second kappa shape index (κ2) is 20.7. The molecule has 3 aromatic carbocycles. The lowest BCUT2D eigenvalue weighted by molar-refractivity contribution is -0.136. The number of halogens is 1. The van der Waals surface area contributed by atoms with E-state index in [-0.39, 0.29) is 35.8 Å². The lowest BCUT2D eigenvalue weighted by Gasteiger charge is -2.40. The molecule has 1 saturated heterocycles. The van der Waals surface area contributed by atoms with Crippen molar-refractivity contribution in [2.75, 3.05) is 60.9 Å². The number of carbonyl (C=O) groups is 6. The molecule has 68 heavy (non-hydrogen) atoms. The highest BCUT2D eigenvalue weighted by Crippen LogP contribution is 2.38. The summed E-state index contributed by atoms with van der Waals surface area (Å²) in [4.78, 5) is 91.3. The van der Waals surface area contributed by atoms with Crippen LogP contribution in [0.25, 0.3) is 0 Å². The van der Waals surface area contributed by atoms with Crippen molar-refractivity contribution in [1.82, 2.24) is 25.5 Å². The number of fused-ring (bicyclic) bond motifs is 2. The Morgan fingerprint density at radius 3 is 2.37 bits per heavy atom. The van der Waals surface area contributed by atoms with E-state index in [0.717, 1.165) is 10.5 Å². The number of anilines is 5. The third-order valence-corrected chi connectivity index (χ3v) is 12.6. The topological polar surface area (TPSA) is 214 Å². The second-order valence-electron chi connectivity index (χ2n) is 18.1. The van der Waals surface area contributed by atoms with Gasteiger partial charge in [-0.25, -0.2) is 4.98 Å². The number of aromatic nitrogens is 2. The van der Waals surface area contributed by atoms with E-state index in [1.165, 1.54) is 7.11 Å². The van der Waals surface area contributed by atoms with Crippen LogP contribution in [0, 0.1) is 0 Å². The van der Waals surface area contributed by atoms with Crippen molar-refractivity contribution in [3.63, 3.8) is 0 Å². The van der Waals surface area contributed by atoms with Crippen molar-refractivity contribution in [2.24, 2.45) is 0 Å². The summed E-state index contributed by atoms with van der Waals surface area (Å²) < 4.78 is 18.1. The molecule has 3 aliphatic heterocycles. The van der Waals surface area contributed by atoms with Gasteiger partial charge in [-0.05, 0) is 101 Å². The van der Waals surface area contributed by atoms with Crippen LogP contribution in [0.1, 0.15) is 103 Å². The van der Waals surface area contributed by atoms with Crippen molar-refractivity contribution >= 4 is 75.9 Å². The van der Waals surface area contributed by atoms with Crippen LogP contribution in [0.4, 0.5) is 28.8 Å². The summed E-state index contributed by atoms with van der Waals surface area (Å²) in [7, 11) is 3.24. The minimum Gasteiger partial charge on any atom is -0.495 e. The van der Waals surface area contributed by atoms with Crippen LogP contribution in [-0.2, 0) is 30.4 Å². The van der Waals surface area contributed by atoms with Crippen LogP contribution in [0.3, 0.4) is 0 Å². The number of hydrogen-bond acceptors (Lipinski definition) is 14. The molecule has 4 heterocycles. The van der Waals surface area contributed by atoms with Crippen molar-refractivity contribution < 1.29 is 43.0 Å². The van der Waals surface area contributed by atoms with Crippen LogP contribution < -0.4 is 35.8 Å². The smallest absolute Gasteiger partial charge is 0.264 e. The molecule has 3 aliphatic rings. The van der Waals surface area contributed by atoms with Gasteiger partial charge in [0.25, 0.3) is 17.7 Å². The average Bonchev–Trinajstić information content (AvgIpc) is 3.56. The van der Waals surface area contributed by atoms with E-state index in [0.29, 0.717) is 97.3 Å². The van der Waals surface area contributed by atoms with Crippen LogP contribution >= 0.6 is 11.6 Å². The van der Waals surface area contributed by atoms with E-state index in [9.17, 15) is 28.8 Å². The second-order valence-corrected chi connectivity index (χ2v) is 18.5. The third kappa shape index (κ3) is 11.0. The van der Waals surface area contributed by atoms with Crippen LogP contribution in [0.15, 0.2) is 66.9 Å². The quantitative estimate of drug-likeness (QED) is 0.0569. The van der Waals surface area contributed by atoms with Gasteiger partial charge in [-0.15, -0.1) is 0 Å². The first-order valence-electron chi connectivity index (χ1n) is 22.7. The van der Waals surface area contributed by atoms with Gasteiger partial charge in [0.15, 0.2) is 5.82 Å². The number of imide groups is 2. The van der Waals surface area contributed by atoms with Gasteiger partial charge in [-0.2, -0.15) is 4.98 Å². The molecule has 4 aromatic rings. The van der Waals surface area contributed by atoms with E-state index in [4.69, 9.17) is 30.8 Å². The first-order valence-corrected chi connectivity index (χ1v) is 23.0. The normalized spacial score (nSPS) is 17.2. The number of hydrogen-bond donors (Lipinski definition) is 4. The first-order chi connectivity index (χ1) is 32.4. The van der Waals surface area contributed by atoms with Gasteiger partial charge >= 0.3 is 0 Å². The number of benzene rings is 3. The molecule has 1 fully saturated rings. The Balaban J connectivity index is 0.866. The predicted octanol–water partition coefficient (Wildman–Crippen LogP) is 6.26. The summed E-state index contributed by atoms with van der Waals surface area (Å²) in [5.41, 5.74) is 2.24. The van der Waals surface area contributed by atoms with Crippen molar-refractivity contribution in [2.45, 2.75) is 96.6 Å². The van der Waals surface area contributed by atoms with Gasteiger partial charge in [0.2, 0.25) is 23.7 Å². The molecule has 19 heteroatoms. The molecule has 6 amide bonds. The molecule has 1 unspecified atom stereocenters. The van der Waals surface area contributed by atoms with E-state index >= 15 is 0 Å². The van der Waals surface area contributed by atoms with E-state index < -0.39 is 46.9 Å². The van der Waals surface area contributed by atoms with E-state index in [1.54, 1.807) is 54.5 Å². The fourth-order valence-corrected chi connectivity index (χ4v) is 8.52. The maximum atomic E-state index is 13.4. The molecule has 0 saturated carbocycles. The van der Waals surface area contributed by atoms with Crippen molar-refractivity contribution in [1.29, 1.82) is 0 Å². The number of methoxy groups -OCH3 is 1. The maximum Gasteiger partial charge on any atom is 0.264 e. The number of ether oxygens (including phenoxy) is 3. The number of piperidine rings is 1. The summed E-state index contributed by atoms with van der Waals surface area (Å²) in [5.74, 6) is -1.25. The number of amides is 6. The van der Waals surface area contributed by atoms with Crippen molar-refractivity contribution in [3.8, 4) is 5.75 Å². The Kier molecular flexibility index (Phi) is 15.0. The van der Waals surface area contributed by atoms with Gasteiger partial charge in [0.1, 0.15) is 23.5 Å². The maximum absolute atomic E-state index is 13.4. The monoisotopic (exact) mass is 951 g/mol. The third-order valence-electron chi connectivity index (χ3n) is 12.3. The predicted molar refractivity (Wildman–Crippen MR) is 257 cm³/mol. The lowest BCUT2D eigenvalue weighted by atomic mass is 10.0. The Morgan fingerprint density at radius 2 is 1.65 bits per heavy atom. The highest BCUT2D eigenvalue weighted by Gasteiger charge is 2.46. The van der Waals surface area contributed by atoms with Gasteiger partial charge in [-0.1, -0.05) is 36.7 Å².